The zero-order valence-corrected chi connectivity index (χ0v) is 13.7. The molecular weight excluding hydrogens is 304 g/mol. The van der Waals surface area contributed by atoms with Crippen molar-refractivity contribution < 1.29 is 13.5 Å². The van der Waals surface area contributed by atoms with E-state index in [0.717, 1.165) is 25.7 Å². The van der Waals surface area contributed by atoms with Crippen LogP contribution in [0.2, 0.25) is 0 Å². The van der Waals surface area contributed by atoms with Gasteiger partial charge in [0.25, 0.3) is 0 Å². The first-order valence-corrected chi connectivity index (χ1v) is 9.64. The van der Waals surface area contributed by atoms with E-state index in [4.69, 9.17) is 0 Å². The molecule has 7 nitrogen and oxygen atoms in total. The Bertz CT molecular complexity index is 601. The van der Waals surface area contributed by atoms with Crippen LogP contribution in [0.5, 0.6) is 0 Å². The quantitative estimate of drug-likeness (QED) is 0.874. The molecule has 1 aliphatic carbocycles. The molecule has 0 radical (unpaired) electrons. The molecule has 1 unspecified atom stereocenters. The van der Waals surface area contributed by atoms with E-state index in [0.29, 0.717) is 24.7 Å². The monoisotopic (exact) mass is 328 g/mol. The van der Waals surface area contributed by atoms with Crippen LogP contribution in [0.25, 0.3) is 0 Å². The lowest BCUT2D eigenvalue weighted by atomic mass is 9.91. The SMILES string of the molecule is CC(O)c1cn(C2CN(S(=O)(=O)CC3CCCCC3)C2)nn1. The topological polar surface area (TPSA) is 88.3 Å². The smallest absolute Gasteiger partial charge is 0.214 e. The molecule has 0 bridgehead atoms. The van der Waals surface area contributed by atoms with Crippen molar-refractivity contribution in [2.45, 2.75) is 51.2 Å². The van der Waals surface area contributed by atoms with Crippen molar-refractivity contribution in [2.75, 3.05) is 18.8 Å². The van der Waals surface area contributed by atoms with Gasteiger partial charge in [0, 0.05) is 13.1 Å². The highest BCUT2D eigenvalue weighted by atomic mass is 32.2. The molecule has 1 atom stereocenters. The Morgan fingerprint density at radius 1 is 1.32 bits per heavy atom. The molecule has 0 spiro atoms. The molecule has 2 heterocycles. The summed E-state index contributed by atoms with van der Waals surface area (Å²) in [5.74, 6) is 0.613. The van der Waals surface area contributed by atoms with Gasteiger partial charge in [-0.25, -0.2) is 13.1 Å². The fourth-order valence-electron chi connectivity index (χ4n) is 3.23. The maximum absolute atomic E-state index is 12.4. The number of aliphatic hydroxyl groups excluding tert-OH is 1. The largest absolute Gasteiger partial charge is 0.387 e. The number of hydrogen-bond acceptors (Lipinski definition) is 5. The van der Waals surface area contributed by atoms with Crippen LogP contribution >= 0.6 is 0 Å². The lowest BCUT2D eigenvalue weighted by Gasteiger charge is -2.38. The van der Waals surface area contributed by atoms with Gasteiger partial charge < -0.3 is 5.11 Å². The van der Waals surface area contributed by atoms with E-state index in [2.05, 4.69) is 10.3 Å². The number of sulfonamides is 1. The van der Waals surface area contributed by atoms with Crippen LogP contribution in [0.3, 0.4) is 0 Å². The van der Waals surface area contributed by atoms with Crippen molar-refractivity contribution >= 4 is 10.0 Å². The third kappa shape index (κ3) is 3.33. The van der Waals surface area contributed by atoms with Gasteiger partial charge in [-0.3, -0.25) is 0 Å². The molecule has 1 saturated carbocycles. The third-order valence-corrected chi connectivity index (χ3v) is 6.70. The van der Waals surface area contributed by atoms with Crippen LogP contribution in [0.15, 0.2) is 6.20 Å². The predicted molar refractivity (Wildman–Crippen MR) is 81.6 cm³/mol. The Hall–Kier alpha value is -0.990. The maximum atomic E-state index is 12.4. The zero-order chi connectivity index (χ0) is 15.7. The number of nitrogens with zero attached hydrogens (tertiary/aromatic N) is 4. The van der Waals surface area contributed by atoms with E-state index in [1.54, 1.807) is 22.1 Å². The molecule has 0 aromatic carbocycles. The minimum Gasteiger partial charge on any atom is -0.387 e. The molecule has 22 heavy (non-hydrogen) atoms. The first-order chi connectivity index (χ1) is 10.5. The molecule has 124 valence electrons. The molecule has 1 aromatic heterocycles. The normalized spacial score (nSPS) is 23.4. The average molecular weight is 328 g/mol. The minimum absolute atomic E-state index is 0.0288. The molecule has 1 aliphatic heterocycles. The fraction of sp³-hybridized carbons (Fsp3) is 0.857. The Labute approximate surface area is 131 Å². The number of hydrogen-bond donors (Lipinski definition) is 1. The van der Waals surface area contributed by atoms with E-state index in [9.17, 15) is 13.5 Å². The summed E-state index contributed by atoms with van der Waals surface area (Å²) in [4.78, 5) is 0. The molecule has 3 rings (SSSR count). The highest BCUT2D eigenvalue weighted by Gasteiger charge is 2.38. The van der Waals surface area contributed by atoms with Crippen molar-refractivity contribution in [1.29, 1.82) is 0 Å². The van der Waals surface area contributed by atoms with Gasteiger partial charge in [-0.05, 0) is 25.7 Å². The van der Waals surface area contributed by atoms with Crippen molar-refractivity contribution in [2.24, 2.45) is 5.92 Å². The Kier molecular flexibility index (Phi) is 4.52. The summed E-state index contributed by atoms with van der Waals surface area (Å²) in [5.41, 5.74) is 0.517. The summed E-state index contributed by atoms with van der Waals surface area (Å²) in [6.07, 6.45) is 6.67. The van der Waals surface area contributed by atoms with Crippen LogP contribution < -0.4 is 0 Å². The van der Waals surface area contributed by atoms with Gasteiger partial charge in [0.15, 0.2) is 0 Å². The summed E-state index contributed by atoms with van der Waals surface area (Å²) >= 11 is 0. The van der Waals surface area contributed by atoms with Gasteiger partial charge in [-0.15, -0.1) is 5.10 Å². The van der Waals surface area contributed by atoms with E-state index >= 15 is 0 Å². The Balaban J connectivity index is 1.55. The molecule has 1 N–H and O–H groups in total. The van der Waals surface area contributed by atoms with Crippen molar-refractivity contribution in [3.05, 3.63) is 11.9 Å². The van der Waals surface area contributed by atoms with Crippen LogP contribution in [-0.4, -0.2) is 51.7 Å². The standard InChI is InChI=1S/C14H24N4O3S/c1-11(19)14-9-18(16-15-14)13-7-17(8-13)22(20,21)10-12-5-3-2-4-6-12/h9,11-13,19H,2-8,10H2,1H3. The van der Waals surface area contributed by atoms with Crippen LogP contribution in [-0.2, 0) is 10.0 Å². The van der Waals surface area contributed by atoms with E-state index in [1.165, 1.54) is 6.42 Å². The van der Waals surface area contributed by atoms with E-state index in [1.807, 2.05) is 0 Å². The average Bonchev–Trinajstić information content (AvgIpc) is 2.86. The molecular formula is C14H24N4O3S. The molecule has 8 heteroatoms. The van der Waals surface area contributed by atoms with Crippen molar-refractivity contribution in [3.8, 4) is 0 Å². The van der Waals surface area contributed by atoms with Crippen LogP contribution in [0.4, 0.5) is 0 Å². The maximum Gasteiger partial charge on any atom is 0.214 e. The van der Waals surface area contributed by atoms with Crippen molar-refractivity contribution in [1.82, 2.24) is 19.3 Å². The van der Waals surface area contributed by atoms with Gasteiger partial charge in [0.1, 0.15) is 5.69 Å². The Morgan fingerprint density at radius 2 is 2.00 bits per heavy atom. The van der Waals surface area contributed by atoms with Gasteiger partial charge in [0.05, 0.1) is 24.1 Å². The molecule has 2 fully saturated rings. The molecule has 1 saturated heterocycles. The van der Waals surface area contributed by atoms with Gasteiger partial charge in [-0.1, -0.05) is 24.5 Å². The highest BCUT2D eigenvalue weighted by molar-refractivity contribution is 7.89. The Morgan fingerprint density at radius 3 is 2.59 bits per heavy atom. The highest BCUT2D eigenvalue weighted by Crippen LogP contribution is 2.29. The van der Waals surface area contributed by atoms with E-state index in [-0.39, 0.29) is 11.8 Å². The number of aromatic nitrogens is 3. The molecule has 1 aromatic rings. The molecule has 0 amide bonds. The predicted octanol–water partition coefficient (Wildman–Crippen LogP) is 1.10. The summed E-state index contributed by atoms with van der Waals surface area (Å²) < 4.78 is 28.0. The lowest BCUT2D eigenvalue weighted by molar-refractivity contribution is 0.186. The van der Waals surface area contributed by atoms with E-state index < -0.39 is 16.1 Å². The lowest BCUT2D eigenvalue weighted by Crippen LogP contribution is -2.52. The fourth-order valence-corrected chi connectivity index (χ4v) is 5.17. The number of aliphatic hydroxyl groups is 1. The van der Waals surface area contributed by atoms with Gasteiger partial charge in [0.2, 0.25) is 10.0 Å². The zero-order valence-electron chi connectivity index (χ0n) is 12.9. The minimum atomic E-state index is -3.15. The second-order valence-electron chi connectivity index (χ2n) is 6.55. The third-order valence-electron chi connectivity index (χ3n) is 4.72. The summed E-state index contributed by atoms with van der Waals surface area (Å²) in [7, 11) is -3.15. The second kappa shape index (κ2) is 6.25. The summed E-state index contributed by atoms with van der Waals surface area (Å²) in [5, 5.41) is 17.3. The van der Waals surface area contributed by atoms with Crippen molar-refractivity contribution in [3.63, 3.8) is 0 Å². The first-order valence-electron chi connectivity index (χ1n) is 8.03. The summed E-state index contributed by atoms with van der Waals surface area (Å²) in [6.45, 7) is 2.55. The van der Waals surface area contributed by atoms with Crippen LogP contribution in [0.1, 0.15) is 56.9 Å². The van der Waals surface area contributed by atoms with Gasteiger partial charge >= 0.3 is 0 Å². The van der Waals surface area contributed by atoms with Gasteiger partial charge in [-0.2, -0.15) is 4.31 Å². The summed E-state index contributed by atoms with van der Waals surface area (Å²) in [6, 6.07) is 0.0288. The molecule has 2 aliphatic rings. The van der Waals surface area contributed by atoms with Crippen LogP contribution in [0, 0.1) is 5.92 Å². The first kappa shape index (κ1) is 15.9. The number of rotatable bonds is 5. The second-order valence-corrected chi connectivity index (χ2v) is 8.57.